The summed E-state index contributed by atoms with van der Waals surface area (Å²) < 4.78 is 0. The van der Waals surface area contributed by atoms with Crippen LogP contribution >= 0.6 is 0 Å². The highest BCUT2D eigenvalue weighted by molar-refractivity contribution is 5.81. The van der Waals surface area contributed by atoms with E-state index < -0.39 is 0 Å². The summed E-state index contributed by atoms with van der Waals surface area (Å²) in [4.78, 5) is 14.0. The fourth-order valence-electron chi connectivity index (χ4n) is 3.09. The molecule has 3 heteroatoms. The predicted octanol–water partition coefficient (Wildman–Crippen LogP) is 0.464. The van der Waals surface area contributed by atoms with Gasteiger partial charge in [0.2, 0.25) is 5.91 Å². The average Bonchev–Trinajstić information content (AvgIpc) is 2.58. The Labute approximate surface area is 84.8 Å². The zero-order valence-electron chi connectivity index (χ0n) is 8.54. The van der Waals surface area contributed by atoms with Crippen LogP contribution in [0.5, 0.6) is 0 Å². The molecule has 78 valence electrons. The first-order valence-corrected chi connectivity index (χ1v) is 5.82. The molecule has 14 heavy (non-hydrogen) atoms. The van der Waals surface area contributed by atoms with Crippen LogP contribution in [0.1, 0.15) is 19.3 Å². The Kier molecular flexibility index (Phi) is 2.01. The Hall–Kier alpha value is -0.570. The Balaban J connectivity index is 1.59. The first-order valence-electron chi connectivity index (χ1n) is 5.82. The number of nitrogens with one attached hydrogen (secondary N) is 1. The van der Waals surface area contributed by atoms with Gasteiger partial charge in [0.05, 0.1) is 0 Å². The van der Waals surface area contributed by atoms with Gasteiger partial charge in [-0.05, 0) is 44.2 Å². The molecule has 4 fully saturated rings. The largest absolute Gasteiger partial charge is 0.342 e. The van der Waals surface area contributed by atoms with E-state index in [9.17, 15) is 4.79 Å². The molecule has 3 heterocycles. The van der Waals surface area contributed by atoms with E-state index in [0.717, 1.165) is 38.0 Å². The lowest BCUT2D eigenvalue weighted by Crippen LogP contribution is -2.54. The third-order valence-electron chi connectivity index (χ3n) is 4.02. The molecule has 3 aliphatic heterocycles. The van der Waals surface area contributed by atoms with Gasteiger partial charge in [-0.25, -0.2) is 0 Å². The van der Waals surface area contributed by atoms with Gasteiger partial charge < -0.3 is 10.2 Å². The molecule has 1 N–H and O–H groups in total. The highest BCUT2D eigenvalue weighted by atomic mass is 16.2. The van der Waals surface area contributed by atoms with Gasteiger partial charge in [-0.3, -0.25) is 4.79 Å². The molecule has 0 aromatic heterocycles. The standard InChI is InChI=1S/C11H18N2O/c14-11-10-3-9(4-10)7-13(11)6-8-1-2-12-5-8/h8-10,12H,1-7H2. The summed E-state index contributed by atoms with van der Waals surface area (Å²) in [6.45, 7) is 4.31. The average molecular weight is 194 g/mol. The SMILES string of the molecule is O=C1C2CC(C2)CN1CC1CCNC1. The molecule has 1 saturated carbocycles. The van der Waals surface area contributed by atoms with Crippen LogP contribution in [0.25, 0.3) is 0 Å². The minimum Gasteiger partial charge on any atom is -0.342 e. The number of hydrogen-bond acceptors (Lipinski definition) is 2. The van der Waals surface area contributed by atoms with Gasteiger partial charge in [0.1, 0.15) is 0 Å². The van der Waals surface area contributed by atoms with Crippen LogP contribution in [-0.4, -0.2) is 37.0 Å². The maximum atomic E-state index is 11.9. The van der Waals surface area contributed by atoms with E-state index in [0.29, 0.717) is 11.8 Å². The van der Waals surface area contributed by atoms with Gasteiger partial charge >= 0.3 is 0 Å². The minimum atomic E-state index is 0.406. The second kappa shape index (κ2) is 3.23. The quantitative estimate of drug-likeness (QED) is 0.693. The van der Waals surface area contributed by atoms with Crippen molar-refractivity contribution in [3.8, 4) is 0 Å². The molecule has 1 atom stereocenters. The summed E-state index contributed by atoms with van der Waals surface area (Å²) in [5.74, 6) is 2.41. The Bertz CT molecular complexity index is 242. The van der Waals surface area contributed by atoms with Crippen molar-refractivity contribution in [2.24, 2.45) is 17.8 Å². The summed E-state index contributed by atoms with van der Waals surface area (Å²) in [6.07, 6.45) is 3.61. The number of carbonyl (C=O) groups is 1. The second-order valence-electron chi connectivity index (χ2n) is 5.14. The summed E-state index contributed by atoms with van der Waals surface area (Å²) in [6, 6.07) is 0. The number of nitrogens with zero attached hydrogens (tertiary/aromatic N) is 1. The minimum absolute atomic E-state index is 0.406. The lowest BCUT2D eigenvalue weighted by atomic mass is 9.70. The van der Waals surface area contributed by atoms with Gasteiger partial charge in [-0.15, -0.1) is 0 Å². The van der Waals surface area contributed by atoms with Gasteiger partial charge in [0.15, 0.2) is 0 Å². The van der Waals surface area contributed by atoms with E-state index in [1.807, 2.05) is 0 Å². The second-order valence-corrected chi connectivity index (χ2v) is 5.14. The van der Waals surface area contributed by atoms with E-state index in [1.165, 1.54) is 19.3 Å². The molecule has 0 aromatic carbocycles. The Morgan fingerprint density at radius 1 is 1.43 bits per heavy atom. The molecule has 1 unspecified atom stereocenters. The molecule has 2 bridgehead atoms. The van der Waals surface area contributed by atoms with Gasteiger partial charge in [-0.2, -0.15) is 0 Å². The molecular formula is C11H18N2O. The third-order valence-corrected chi connectivity index (χ3v) is 4.02. The fourth-order valence-corrected chi connectivity index (χ4v) is 3.09. The van der Waals surface area contributed by atoms with Crippen molar-refractivity contribution in [2.45, 2.75) is 19.3 Å². The van der Waals surface area contributed by atoms with Crippen LogP contribution in [0.3, 0.4) is 0 Å². The van der Waals surface area contributed by atoms with E-state index in [4.69, 9.17) is 0 Å². The predicted molar refractivity (Wildman–Crippen MR) is 53.8 cm³/mol. The lowest BCUT2D eigenvalue weighted by Gasteiger charge is -2.46. The topological polar surface area (TPSA) is 32.3 Å². The number of hydrogen-bond donors (Lipinski definition) is 1. The molecule has 1 aliphatic carbocycles. The molecule has 3 nitrogen and oxygen atoms in total. The molecule has 1 amide bonds. The Morgan fingerprint density at radius 3 is 2.93 bits per heavy atom. The summed E-state index contributed by atoms with van der Waals surface area (Å²) in [5, 5.41) is 3.36. The number of carbonyl (C=O) groups excluding carboxylic acids is 1. The highest BCUT2D eigenvalue weighted by Crippen LogP contribution is 2.40. The van der Waals surface area contributed by atoms with Crippen LogP contribution in [-0.2, 0) is 4.79 Å². The Morgan fingerprint density at radius 2 is 2.29 bits per heavy atom. The maximum Gasteiger partial charge on any atom is 0.225 e. The van der Waals surface area contributed by atoms with Crippen LogP contribution in [0.2, 0.25) is 0 Å². The zero-order valence-corrected chi connectivity index (χ0v) is 8.54. The van der Waals surface area contributed by atoms with Crippen molar-refractivity contribution >= 4 is 5.91 Å². The van der Waals surface area contributed by atoms with Crippen molar-refractivity contribution in [1.29, 1.82) is 0 Å². The van der Waals surface area contributed by atoms with Gasteiger partial charge in [0, 0.05) is 19.0 Å². The van der Waals surface area contributed by atoms with E-state index in [1.54, 1.807) is 0 Å². The van der Waals surface area contributed by atoms with Crippen molar-refractivity contribution in [3.05, 3.63) is 0 Å². The monoisotopic (exact) mass is 194 g/mol. The van der Waals surface area contributed by atoms with E-state index in [2.05, 4.69) is 10.2 Å². The molecule has 4 aliphatic rings. The first kappa shape index (κ1) is 8.72. The van der Waals surface area contributed by atoms with E-state index >= 15 is 0 Å². The van der Waals surface area contributed by atoms with Gasteiger partial charge in [0.25, 0.3) is 0 Å². The summed E-state index contributed by atoms with van der Waals surface area (Å²) >= 11 is 0. The lowest BCUT2D eigenvalue weighted by molar-refractivity contribution is -0.149. The maximum absolute atomic E-state index is 11.9. The van der Waals surface area contributed by atoms with Gasteiger partial charge in [-0.1, -0.05) is 0 Å². The number of fused-ring (bicyclic) bond motifs is 2. The molecule has 3 saturated heterocycles. The number of piperidine rings is 2. The third kappa shape index (κ3) is 1.34. The highest BCUT2D eigenvalue weighted by Gasteiger charge is 2.43. The molecule has 0 aromatic rings. The molecule has 0 spiro atoms. The van der Waals surface area contributed by atoms with Crippen LogP contribution in [0, 0.1) is 17.8 Å². The van der Waals surface area contributed by atoms with Crippen LogP contribution in [0.4, 0.5) is 0 Å². The van der Waals surface area contributed by atoms with Crippen molar-refractivity contribution < 1.29 is 4.79 Å². The summed E-state index contributed by atoms with van der Waals surface area (Å²) in [5.41, 5.74) is 0. The normalized spacial score (nSPS) is 41.3. The first-order chi connectivity index (χ1) is 6.83. The fraction of sp³-hybridized carbons (Fsp3) is 0.909. The van der Waals surface area contributed by atoms with Crippen molar-refractivity contribution in [1.82, 2.24) is 10.2 Å². The molecular weight excluding hydrogens is 176 g/mol. The molecule has 0 radical (unpaired) electrons. The summed E-state index contributed by atoms with van der Waals surface area (Å²) in [7, 11) is 0. The van der Waals surface area contributed by atoms with Crippen LogP contribution in [0.15, 0.2) is 0 Å². The number of amides is 1. The smallest absolute Gasteiger partial charge is 0.225 e. The zero-order chi connectivity index (χ0) is 9.54. The number of rotatable bonds is 2. The van der Waals surface area contributed by atoms with Crippen molar-refractivity contribution in [3.63, 3.8) is 0 Å². The van der Waals surface area contributed by atoms with Crippen LogP contribution < -0.4 is 5.32 Å². The van der Waals surface area contributed by atoms with E-state index in [-0.39, 0.29) is 0 Å². The molecule has 4 rings (SSSR count). The van der Waals surface area contributed by atoms with Crippen molar-refractivity contribution in [2.75, 3.05) is 26.2 Å².